The Morgan fingerprint density at radius 3 is 2.57 bits per heavy atom. The molecule has 9 heteroatoms. The first-order valence-corrected chi connectivity index (χ1v) is 9.10. The highest BCUT2D eigenvalue weighted by Gasteiger charge is 2.14. The highest BCUT2D eigenvalue weighted by molar-refractivity contribution is 7.99. The number of nitrogens with zero attached hydrogens (tertiary/aromatic N) is 3. The number of aromatic nitrogens is 2. The third-order valence-corrected chi connectivity index (χ3v) is 4.47. The minimum Gasteiger partial charge on any atom is -0.497 e. The molecule has 1 amide bonds. The van der Waals surface area contributed by atoms with Gasteiger partial charge in [0.15, 0.2) is 0 Å². The van der Waals surface area contributed by atoms with Crippen molar-refractivity contribution in [3.05, 3.63) is 48.0 Å². The van der Waals surface area contributed by atoms with Crippen molar-refractivity contribution in [3.63, 3.8) is 0 Å². The summed E-state index contributed by atoms with van der Waals surface area (Å²) in [4.78, 5) is 12.1. The molecule has 3 aromatic rings. The van der Waals surface area contributed by atoms with Crippen LogP contribution in [0.1, 0.15) is 5.56 Å². The van der Waals surface area contributed by atoms with Gasteiger partial charge >= 0.3 is 0 Å². The lowest BCUT2D eigenvalue weighted by atomic mass is 10.2. The molecule has 0 aliphatic carbocycles. The quantitative estimate of drug-likeness (QED) is 0.605. The second kappa shape index (κ2) is 8.92. The summed E-state index contributed by atoms with van der Waals surface area (Å²) in [5, 5.41) is 20.0. The average Bonchev–Trinajstić information content (AvgIpc) is 3.21. The molecule has 0 bridgehead atoms. The normalized spacial score (nSPS) is 10.2. The van der Waals surface area contributed by atoms with Gasteiger partial charge in [0.1, 0.15) is 17.6 Å². The lowest BCUT2D eigenvalue weighted by Gasteiger charge is -2.06. The molecule has 0 saturated heterocycles. The molecular formula is C19H16N4O4S. The van der Waals surface area contributed by atoms with E-state index in [0.717, 1.165) is 11.8 Å². The molecule has 0 fully saturated rings. The number of amides is 1. The van der Waals surface area contributed by atoms with Crippen LogP contribution < -0.4 is 14.8 Å². The number of para-hydroxylation sites is 1. The van der Waals surface area contributed by atoms with Gasteiger partial charge in [-0.1, -0.05) is 23.9 Å². The molecule has 2 aromatic carbocycles. The van der Waals surface area contributed by atoms with Crippen molar-refractivity contribution in [2.75, 3.05) is 25.3 Å². The smallest absolute Gasteiger partial charge is 0.277 e. The molecule has 142 valence electrons. The summed E-state index contributed by atoms with van der Waals surface area (Å²) < 4.78 is 16.1. The Kier molecular flexibility index (Phi) is 6.14. The highest BCUT2D eigenvalue weighted by atomic mass is 32.2. The number of hydrogen-bond donors (Lipinski definition) is 1. The van der Waals surface area contributed by atoms with E-state index in [9.17, 15) is 4.79 Å². The van der Waals surface area contributed by atoms with Crippen LogP contribution in [-0.4, -0.2) is 36.1 Å². The van der Waals surface area contributed by atoms with Gasteiger partial charge in [0.05, 0.1) is 31.2 Å². The molecule has 1 aromatic heterocycles. The third-order valence-electron chi connectivity index (χ3n) is 3.65. The van der Waals surface area contributed by atoms with Crippen molar-refractivity contribution >= 4 is 23.4 Å². The Labute approximate surface area is 165 Å². The maximum Gasteiger partial charge on any atom is 0.277 e. The number of ether oxygens (including phenoxy) is 2. The summed E-state index contributed by atoms with van der Waals surface area (Å²) in [7, 11) is 3.10. The Morgan fingerprint density at radius 1 is 1.18 bits per heavy atom. The largest absolute Gasteiger partial charge is 0.497 e. The van der Waals surface area contributed by atoms with Crippen LogP contribution in [0.5, 0.6) is 11.5 Å². The van der Waals surface area contributed by atoms with Crippen LogP contribution in [0.4, 0.5) is 5.69 Å². The lowest BCUT2D eigenvalue weighted by Crippen LogP contribution is -2.14. The van der Waals surface area contributed by atoms with Crippen LogP contribution in [-0.2, 0) is 4.79 Å². The van der Waals surface area contributed by atoms with Crippen molar-refractivity contribution in [2.24, 2.45) is 0 Å². The van der Waals surface area contributed by atoms with Crippen molar-refractivity contribution in [2.45, 2.75) is 5.22 Å². The molecular weight excluding hydrogens is 380 g/mol. The van der Waals surface area contributed by atoms with Crippen LogP contribution in [0.3, 0.4) is 0 Å². The summed E-state index contributed by atoms with van der Waals surface area (Å²) in [5.74, 6) is 1.25. The number of carbonyl (C=O) groups is 1. The Bertz CT molecular complexity index is 1010. The highest BCUT2D eigenvalue weighted by Crippen LogP contribution is 2.30. The lowest BCUT2D eigenvalue weighted by molar-refractivity contribution is -0.113. The Balaban J connectivity index is 1.65. The van der Waals surface area contributed by atoms with Gasteiger partial charge in [0.25, 0.3) is 5.22 Å². The second-order valence-electron chi connectivity index (χ2n) is 5.47. The Morgan fingerprint density at radius 2 is 1.89 bits per heavy atom. The van der Waals surface area contributed by atoms with Crippen molar-refractivity contribution in [1.82, 2.24) is 10.2 Å². The van der Waals surface area contributed by atoms with E-state index in [2.05, 4.69) is 15.5 Å². The first kappa shape index (κ1) is 19.3. The van der Waals surface area contributed by atoms with E-state index in [1.807, 2.05) is 6.07 Å². The zero-order valence-electron chi connectivity index (χ0n) is 15.1. The minimum absolute atomic E-state index is 0.0584. The van der Waals surface area contributed by atoms with Crippen LogP contribution >= 0.6 is 11.8 Å². The fraction of sp³-hybridized carbons (Fsp3) is 0.158. The number of benzene rings is 2. The van der Waals surface area contributed by atoms with Gasteiger partial charge in [0, 0.05) is 11.6 Å². The number of hydrogen-bond acceptors (Lipinski definition) is 8. The summed E-state index contributed by atoms with van der Waals surface area (Å²) in [6, 6.07) is 14.0. The number of rotatable bonds is 7. The van der Waals surface area contributed by atoms with Crippen LogP contribution in [0, 0.1) is 11.3 Å². The standard InChI is InChI=1S/C19H16N4O4S/c1-25-14-7-13(8-15(9-14)26-2)18-22-23-19(27-18)28-11-17(24)21-16-6-4-3-5-12(16)10-20/h3-9H,11H2,1-2H3,(H,21,24). The number of anilines is 1. The average molecular weight is 396 g/mol. The van der Waals surface area contributed by atoms with E-state index < -0.39 is 0 Å². The molecule has 3 rings (SSSR count). The van der Waals surface area contributed by atoms with Crippen LogP contribution in [0.15, 0.2) is 52.1 Å². The topological polar surface area (TPSA) is 110 Å². The molecule has 0 saturated carbocycles. The van der Waals surface area contributed by atoms with Gasteiger partial charge < -0.3 is 19.2 Å². The van der Waals surface area contributed by atoms with Crippen LogP contribution in [0.25, 0.3) is 11.5 Å². The number of nitrogens with one attached hydrogen (secondary N) is 1. The van der Waals surface area contributed by atoms with Gasteiger partial charge in [-0.3, -0.25) is 4.79 Å². The predicted octanol–water partition coefficient (Wildman–Crippen LogP) is 3.36. The zero-order chi connectivity index (χ0) is 19.9. The molecule has 0 aliphatic rings. The number of methoxy groups -OCH3 is 2. The SMILES string of the molecule is COc1cc(OC)cc(-c2nnc(SCC(=O)Nc3ccccc3C#N)o2)c1. The molecule has 0 radical (unpaired) electrons. The van der Waals surface area contributed by atoms with Crippen LogP contribution in [0.2, 0.25) is 0 Å². The molecule has 1 N–H and O–H groups in total. The molecule has 0 spiro atoms. The minimum atomic E-state index is -0.282. The van der Waals surface area contributed by atoms with E-state index in [0.29, 0.717) is 28.3 Å². The number of nitriles is 1. The fourth-order valence-electron chi connectivity index (χ4n) is 2.32. The molecule has 1 heterocycles. The van der Waals surface area contributed by atoms with Gasteiger partial charge in [-0.25, -0.2) is 0 Å². The van der Waals surface area contributed by atoms with Gasteiger partial charge in [-0.05, 0) is 24.3 Å². The van der Waals surface area contributed by atoms with Crippen molar-refractivity contribution < 1.29 is 18.7 Å². The zero-order valence-corrected chi connectivity index (χ0v) is 15.9. The van der Waals surface area contributed by atoms with Gasteiger partial charge in [0.2, 0.25) is 11.8 Å². The van der Waals surface area contributed by atoms with E-state index in [1.165, 1.54) is 0 Å². The third kappa shape index (κ3) is 4.61. The van der Waals surface area contributed by atoms with E-state index >= 15 is 0 Å². The molecule has 8 nitrogen and oxygen atoms in total. The predicted molar refractivity (Wildman–Crippen MR) is 103 cm³/mol. The van der Waals surface area contributed by atoms with E-state index in [1.54, 1.807) is 56.7 Å². The summed E-state index contributed by atoms with van der Waals surface area (Å²) in [6.07, 6.45) is 0. The summed E-state index contributed by atoms with van der Waals surface area (Å²) in [6.45, 7) is 0. The summed E-state index contributed by atoms with van der Waals surface area (Å²) in [5.41, 5.74) is 1.50. The van der Waals surface area contributed by atoms with E-state index in [4.69, 9.17) is 19.2 Å². The fourth-order valence-corrected chi connectivity index (χ4v) is 2.88. The van der Waals surface area contributed by atoms with Gasteiger partial charge in [-0.2, -0.15) is 5.26 Å². The molecule has 0 aliphatic heterocycles. The molecule has 0 unspecified atom stereocenters. The maximum atomic E-state index is 12.1. The number of thioether (sulfide) groups is 1. The maximum absolute atomic E-state index is 12.1. The number of carbonyl (C=O) groups excluding carboxylic acids is 1. The molecule has 28 heavy (non-hydrogen) atoms. The second-order valence-corrected chi connectivity index (χ2v) is 6.40. The monoisotopic (exact) mass is 396 g/mol. The van der Waals surface area contributed by atoms with E-state index in [-0.39, 0.29) is 22.8 Å². The van der Waals surface area contributed by atoms with Crippen molar-refractivity contribution in [1.29, 1.82) is 5.26 Å². The first-order valence-electron chi connectivity index (χ1n) is 8.11. The summed E-state index contributed by atoms with van der Waals surface area (Å²) >= 11 is 1.10. The van der Waals surface area contributed by atoms with Crippen molar-refractivity contribution in [3.8, 4) is 29.0 Å². The Hall–Kier alpha value is -3.51. The molecule has 0 atom stereocenters. The first-order chi connectivity index (χ1) is 13.6. The van der Waals surface area contributed by atoms with Gasteiger partial charge in [-0.15, -0.1) is 10.2 Å².